The second-order valence-corrected chi connectivity index (χ2v) is 7.46. The zero-order valence-corrected chi connectivity index (χ0v) is 13.2. The Morgan fingerprint density at radius 1 is 1.50 bits per heavy atom. The molecule has 0 saturated heterocycles. The SMILES string of the molecule is Cc1csc(C(NC(=O)Cc2ncc(C)s2)C2CC2)n1. The Kier molecular flexibility index (Phi) is 3.85. The molecule has 1 amide bonds. The molecule has 1 atom stereocenters. The van der Waals surface area contributed by atoms with Gasteiger partial charge in [0.1, 0.15) is 10.0 Å². The van der Waals surface area contributed by atoms with Crippen molar-refractivity contribution in [3.8, 4) is 0 Å². The van der Waals surface area contributed by atoms with Gasteiger partial charge in [0.05, 0.1) is 12.5 Å². The molecule has 106 valence electrons. The quantitative estimate of drug-likeness (QED) is 0.924. The molecule has 1 N–H and O–H groups in total. The highest BCUT2D eigenvalue weighted by atomic mass is 32.1. The monoisotopic (exact) mass is 307 g/mol. The highest BCUT2D eigenvalue weighted by Gasteiger charge is 2.35. The lowest BCUT2D eigenvalue weighted by molar-refractivity contribution is -0.121. The van der Waals surface area contributed by atoms with Crippen molar-refractivity contribution in [2.75, 3.05) is 0 Å². The van der Waals surface area contributed by atoms with Gasteiger partial charge < -0.3 is 5.32 Å². The molecule has 1 fully saturated rings. The molecule has 2 aromatic heterocycles. The van der Waals surface area contributed by atoms with Gasteiger partial charge in [0.15, 0.2) is 0 Å². The van der Waals surface area contributed by atoms with E-state index in [1.54, 1.807) is 22.7 Å². The number of aromatic nitrogens is 2. The molecule has 6 heteroatoms. The molecule has 0 radical (unpaired) electrons. The van der Waals surface area contributed by atoms with E-state index in [9.17, 15) is 4.79 Å². The van der Waals surface area contributed by atoms with Crippen molar-refractivity contribution in [1.82, 2.24) is 15.3 Å². The Morgan fingerprint density at radius 2 is 2.30 bits per heavy atom. The van der Waals surface area contributed by atoms with E-state index in [1.807, 2.05) is 25.4 Å². The lowest BCUT2D eigenvalue weighted by Gasteiger charge is -2.15. The molecule has 2 aromatic rings. The minimum absolute atomic E-state index is 0.0455. The highest BCUT2D eigenvalue weighted by Crippen LogP contribution is 2.41. The van der Waals surface area contributed by atoms with Gasteiger partial charge in [0.25, 0.3) is 0 Å². The first kappa shape index (κ1) is 13.7. The summed E-state index contributed by atoms with van der Waals surface area (Å²) >= 11 is 3.22. The predicted octanol–water partition coefficient (Wildman–Crippen LogP) is 3.03. The van der Waals surface area contributed by atoms with Crippen molar-refractivity contribution >= 4 is 28.6 Å². The molecule has 2 heterocycles. The number of amides is 1. The van der Waals surface area contributed by atoms with Gasteiger partial charge in [0.2, 0.25) is 5.91 Å². The van der Waals surface area contributed by atoms with Gasteiger partial charge in [-0.15, -0.1) is 22.7 Å². The molecule has 1 aliphatic carbocycles. The van der Waals surface area contributed by atoms with Crippen molar-refractivity contribution in [2.24, 2.45) is 5.92 Å². The average Bonchev–Trinajstić information content (AvgIpc) is 3.03. The minimum atomic E-state index is 0.0455. The van der Waals surface area contributed by atoms with Crippen LogP contribution in [0.15, 0.2) is 11.6 Å². The van der Waals surface area contributed by atoms with Crippen molar-refractivity contribution in [3.05, 3.63) is 32.2 Å². The third-order valence-electron chi connectivity index (χ3n) is 3.29. The van der Waals surface area contributed by atoms with Gasteiger partial charge in [0, 0.05) is 22.1 Å². The van der Waals surface area contributed by atoms with Crippen molar-refractivity contribution < 1.29 is 4.79 Å². The lowest BCUT2D eigenvalue weighted by atomic mass is 10.2. The molecular formula is C14H17N3OS2. The number of thiazole rings is 2. The number of carbonyl (C=O) groups excluding carboxylic acids is 1. The van der Waals surface area contributed by atoms with Crippen LogP contribution in [0.3, 0.4) is 0 Å². The second-order valence-electron chi connectivity index (χ2n) is 5.25. The summed E-state index contributed by atoms with van der Waals surface area (Å²) in [6.07, 6.45) is 4.54. The average molecular weight is 307 g/mol. The molecule has 0 bridgehead atoms. The van der Waals surface area contributed by atoms with Crippen LogP contribution in [0, 0.1) is 19.8 Å². The van der Waals surface area contributed by atoms with Crippen LogP contribution < -0.4 is 5.32 Å². The standard InChI is InChI=1S/C14H17N3OS2/c1-8-7-19-14(16-8)13(10-3-4-10)17-11(18)5-12-15-6-9(2)20-12/h6-7,10,13H,3-5H2,1-2H3,(H,17,18). The zero-order valence-electron chi connectivity index (χ0n) is 11.5. The van der Waals surface area contributed by atoms with Crippen molar-refractivity contribution in [3.63, 3.8) is 0 Å². The summed E-state index contributed by atoms with van der Waals surface area (Å²) in [7, 11) is 0. The fourth-order valence-corrected chi connectivity index (χ4v) is 3.90. The van der Waals surface area contributed by atoms with Gasteiger partial charge in [-0.25, -0.2) is 9.97 Å². The van der Waals surface area contributed by atoms with Crippen LogP contribution in [0.1, 0.15) is 39.5 Å². The normalized spacial score (nSPS) is 16.1. The van der Waals surface area contributed by atoms with Crippen LogP contribution in [0.25, 0.3) is 0 Å². The smallest absolute Gasteiger partial charge is 0.227 e. The number of rotatable bonds is 5. The summed E-state index contributed by atoms with van der Waals surface area (Å²) < 4.78 is 0. The van der Waals surface area contributed by atoms with Crippen LogP contribution >= 0.6 is 22.7 Å². The molecule has 0 aliphatic heterocycles. The molecule has 3 rings (SSSR count). The van der Waals surface area contributed by atoms with Crippen LogP contribution in [-0.2, 0) is 11.2 Å². The Bertz CT molecular complexity index is 615. The Hall–Kier alpha value is -1.27. The third kappa shape index (κ3) is 3.24. The largest absolute Gasteiger partial charge is 0.346 e. The Labute approximate surface area is 126 Å². The topological polar surface area (TPSA) is 54.9 Å². The van der Waals surface area contributed by atoms with E-state index >= 15 is 0 Å². The maximum absolute atomic E-state index is 12.2. The second kappa shape index (κ2) is 5.61. The van der Waals surface area contributed by atoms with E-state index in [1.165, 1.54) is 12.8 Å². The first-order valence-electron chi connectivity index (χ1n) is 6.74. The Balaban J connectivity index is 1.66. The van der Waals surface area contributed by atoms with E-state index in [2.05, 4.69) is 15.3 Å². The van der Waals surface area contributed by atoms with E-state index in [-0.39, 0.29) is 11.9 Å². The highest BCUT2D eigenvalue weighted by molar-refractivity contribution is 7.11. The number of hydrogen-bond donors (Lipinski definition) is 1. The number of hydrogen-bond acceptors (Lipinski definition) is 5. The van der Waals surface area contributed by atoms with Gasteiger partial charge >= 0.3 is 0 Å². The summed E-state index contributed by atoms with van der Waals surface area (Å²) in [5.41, 5.74) is 1.03. The van der Waals surface area contributed by atoms with E-state index in [4.69, 9.17) is 0 Å². The van der Waals surface area contributed by atoms with E-state index in [0.717, 1.165) is 20.6 Å². The fourth-order valence-electron chi connectivity index (χ4n) is 2.17. The summed E-state index contributed by atoms with van der Waals surface area (Å²) in [4.78, 5) is 22.1. The number of aryl methyl sites for hydroxylation is 2. The van der Waals surface area contributed by atoms with Crippen LogP contribution in [0.2, 0.25) is 0 Å². The summed E-state index contributed by atoms with van der Waals surface area (Å²) in [5.74, 6) is 0.603. The van der Waals surface area contributed by atoms with Gasteiger partial charge in [-0.2, -0.15) is 0 Å². The maximum atomic E-state index is 12.2. The molecule has 4 nitrogen and oxygen atoms in total. The van der Waals surface area contributed by atoms with Crippen molar-refractivity contribution in [2.45, 2.75) is 39.2 Å². The molecule has 0 spiro atoms. The number of carbonyl (C=O) groups is 1. The van der Waals surface area contributed by atoms with Crippen LogP contribution in [-0.4, -0.2) is 15.9 Å². The molecule has 1 unspecified atom stereocenters. The first-order chi connectivity index (χ1) is 9.61. The molecule has 1 aliphatic rings. The summed E-state index contributed by atoms with van der Waals surface area (Å²) in [6, 6.07) is 0.0854. The maximum Gasteiger partial charge on any atom is 0.227 e. The lowest BCUT2D eigenvalue weighted by Crippen LogP contribution is -2.31. The summed E-state index contributed by atoms with van der Waals surface area (Å²) in [6.45, 7) is 3.99. The number of nitrogens with zero attached hydrogens (tertiary/aromatic N) is 2. The van der Waals surface area contributed by atoms with Crippen molar-refractivity contribution in [1.29, 1.82) is 0 Å². The van der Waals surface area contributed by atoms with Crippen LogP contribution in [0.4, 0.5) is 0 Å². The minimum Gasteiger partial charge on any atom is -0.346 e. The number of nitrogens with one attached hydrogen (secondary N) is 1. The van der Waals surface area contributed by atoms with E-state index < -0.39 is 0 Å². The van der Waals surface area contributed by atoms with Gasteiger partial charge in [-0.3, -0.25) is 4.79 Å². The zero-order chi connectivity index (χ0) is 14.1. The summed E-state index contributed by atoms with van der Waals surface area (Å²) in [5, 5.41) is 7.10. The third-order valence-corrected chi connectivity index (χ3v) is 5.25. The van der Waals surface area contributed by atoms with E-state index in [0.29, 0.717) is 12.3 Å². The molecule has 20 heavy (non-hydrogen) atoms. The fraction of sp³-hybridized carbons (Fsp3) is 0.500. The predicted molar refractivity (Wildman–Crippen MR) is 81.0 cm³/mol. The molecule has 0 aromatic carbocycles. The Morgan fingerprint density at radius 3 is 2.85 bits per heavy atom. The molecule has 1 saturated carbocycles. The van der Waals surface area contributed by atoms with Gasteiger partial charge in [-0.05, 0) is 32.6 Å². The first-order valence-corrected chi connectivity index (χ1v) is 8.44. The van der Waals surface area contributed by atoms with Gasteiger partial charge in [-0.1, -0.05) is 0 Å². The van der Waals surface area contributed by atoms with Crippen LogP contribution in [0.5, 0.6) is 0 Å². The molecular weight excluding hydrogens is 290 g/mol.